The first kappa shape index (κ1) is 9.95. The van der Waals surface area contributed by atoms with Gasteiger partial charge in [0.2, 0.25) is 0 Å². The summed E-state index contributed by atoms with van der Waals surface area (Å²) in [5.41, 5.74) is 2.30. The molecule has 0 saturated heterocycles. The minimum Gasteiger partial charge on any atom is -0.303 e. The van der Waals surface area contributed by atoms with Crippen LogP contribution in [-0.2, 0) is 4.79 Å². The van der Waals surface area contributed by atoms with Gasteiger partial charge in [-0.2, -0.15) is 0 Å². The number of hydrogen-bond donors (Lipinski definition) is 0. The van der Waals surface area contributed by atoms with E-state index in [1.807, 2.05) is 0 Å². The van der Waals surface area contributed by atoms with Crippen molar-refractivity contribution >= 4 is 6.29 Å². The largest absolute Gasteiger partial charge is 0.303 e. The molecule has 1 heteroatoms. The summed E-state index contributed by atoms with van der Waals surface area (Å²) in [5.74, 6) is 0. The summed E-state index contributed by atoms with van der Waals surface area (Å²) in [5, 5.41) is 0. The summed E-state index contributed by atoms with van der Waals surface area (Å²) in [4.78, 5) is 10.3. The second kappa shape index (κ2) is 4.29. The van der Waals surface area contributed by atoms with Crippen molar-refractivity contribution in [1.29, 1.82) is 0 Å². The van der Waals surface area contributed by atoms with Crippen molar-refractivity contribution in [3.8, 4) is 0 Å². The second-order valence-corrected chi connectivity index (χ2v) is 4.81. The molecule has 0 aromatic carbocycles. The summed E-state index contributed by atoms with van der Waals surface area (Å²) in [6.07, 6.45) is 14.8. The third kappa shape index (κ3) is 2.08. The van der Waals surface area contributed by atoms with Gasteiger partial charge in [0.15, 0.2) is 0 Å². The van der Waals surface area contributed by atoms with Crippen LogP contribution in [0.5, 0.6) is 0 Å². The molecule has 0 spiro atoms. The van der Waals surface area contributed by atoms with Crippen molar-refractivity contribution in [2.24, 2.45) is 5.41 Å². The Morgan fingerprint density at radius 1 is 1.36 bits per heavy atom. The van der Waals surface area contributed by atoms with Gasteiger partial charge >= 0.3 is 0 Å². The van der Waals surface area contributed by atoms with Gasteiger partial charge in [-0.25, -0.2) is 0 Å². The number of allylic oxidation sites excluding steroid dienone is 2. The highest BCUT2D eigenvalue weighted by molar-refractivity contribution is 5.49. The molecule has 0 bridgehead atoms. The minimum atomic E-state index is 0.573. The van der Waals surface area contributed by atoms with Crippen LogP contribution in [0.2, 0.25) is 0 Å². The third-order valence-electron chi connectivity index (χ3n) is 3.80. The Kier molecular flexibility index (Phi) is 3.05. The summed E-state index contributed by atoms with van der Waals surface area (Å²) < 4.78 is 0. The van der Waals surface area contributed by atoms with E-state index in [0.717, 1.165) is 19.1 Å². The van der Waals surface area contributed by atoms with Crippen molar-refractivity contribution in [2.75, 3.05) is 0 Å². The topological polar surface area (TPSA) is 17.1 Å². The molecule has 0 aliphatic heterocycles. The SMILES string of the molecule is O=CCCCC1(C2=CCCCC2)CC1. The lowest BCUT2D eigenvalue weighted by molar-refractivity contribution is -0.107. The number of rotatable bonds is 5. The molecular weight excluding hydrogens is 172 g/mol. The van der Waals surface area contributed by atoms with E-state index >= 15 is 0 Å². The maximum atomic E-state index is 10.3. The van der Waals surface area contributed by atoms with E-state index in [-0.39, 0.29) is 0 Å². The Hall–Kier alpha value is -0.590. The van der Waals surface area contributed by atoms with E-state index in [0.29, 0.717) is 5.41 Å². The molecule has 2 rings (SSSR count). The van der Waals surface area contributed by atoms with Crippen LogP contribution in [0.3, 0.4) is 0 Å². The van der Waals surface area contributed by atoms with E-state index in [4.69, 9.17) is 0 Å². The van der Waals surface area contributed by atoms with Crippen LogP contribution in [-0.4, -0.2) is 6.29 Å². The van der Waals surface area contributed by atoms with Crippen molar-refractivity contribution in [3.05, 3.63) is 11.6 Å². The number of aldehydes is 1. The van der Waals surface area contributed by atoms with Crippen molar-refractivity contribution in [2.45, 2.75) is 57.8 Å². The van der Waals surface area contributed by atoms with Crippen LogP contribution in [0.1, 0.15) is 57.8 Å². The van der Waals surface area contributed by atoms with Gasteiger partial charge in [-0.1, -0.05) is 11.6 Å². The molecule has 2 aliphatic rings. The van der Waals surface area contributed by atoms with Crippen LogP contribution in [0, 0.1) is 5.41 Å². The maximum absolute atomic E-state index is 10.3. The lowest BCUT2D eigenvalue weighted by atomic mass is 9.83. The molecule has 0 N–H and O–H groups in total. The molecule has 0 aromatic heterocycles. The monoisotopic (exact) mass is 192 g/mol. The molecule has 0 unspecified atom stereocenters. The maximum Gasteiger partial charge on any atom is 0.119 e. The van der Waals surface area contributed by atoms with Crippen LogP contribution >= 0.6 is 0 Å². The molecule has 1 saturated carbocycles. The van der Waals surface area contributed by atoms with Crippen molar-refractivity contribution < 1.29 is 4.79 Å². The van der Waals surface area contributed by atoms with Gasteiger partial charge in [-0.3, -0.25) is 0 Å². The zero-order chi connectivity index (χ0) is 9.86. The van der Waals surface area contributed by atoms with E-state index < -0.39 is 0 Å². The number of carbonyl (C=O) groups is 1. The predicted octanol–water partition coefficient (Wildman–Crippen LogP) is 3.64. The van der Waals surface area contributed by atoms with E-state index in [1.54, 1.807) is 5.57 Å². The van der Waals surface area contributed by atoms with Crippen LogP contribution in [0.4, 0.5) is 0 Å². The van der Waals surface area contributed by atoms with E-state index in [9.17, 15) is 4.79 Å². The van der Waals surface area contributed by atoms with Gasteiger partial charge in [0.1, 0.15) is 6.29 Å². The highest BCUT2D eigenvalue weighted by Crippen LogP contribution is 2.57. The molecule has 0 atom stereocenters. The fourth-order valence-electron chi connectivity index (χ4n) is 2.73. The van der Waals surface area contributed by atoms with Gasteiger partial charge < -0.3 is 4.79 Å². The first-order valence-electron chi connectivity index (χ1n) is 6.01. The number of hydrogen-bond acceptors (Lipinski definition) is 1. The zero-order valence-electron chi connectivity index (χ0n) is 8.93. The number of carbonyl (C=O) groups excluding carboxylic acids is 1. The summed E-state index contributed by atoms with van der Waals surface area (Å²) >= 11 is 0. The molecule has 0 heterocycles. The fourth-order valence-corrected chi connectivity index (χ4v) is 2.73. The molecule has 78 valence electrons. The van der Waals surface area contributed by atoms with E-state index in [2.05, 4.69) is 6.08 Å². The van der Waals surface area contributed by atoms with Crippen LogP contribution < -0.4 is 0 Å². The molecule has 0 radical (unpaired) electrons. The minimum absolute atomic E-state index is 0.573. The summed E-state index contributed by atoms with van der Waals surface area (Å²) in [6, 6.07) is 0. The Morgan fingerprint density at radius 2 is 2.21 bits per heavy atom. The average molecular weight is 192 g/mol. The van der Waals surface area contributed by atoms with Gasteiger partial charge in [0.25, 0.3) is 0 Å². The predicted molar refractivity (Wildman–Crippen MR) is 58.1 cm³/mol. The molecular formula is C13H20O. The van der Waals surface area contributed by atoms with Crippen LogP contribution in [0.15, 0.2) is 11.6 Å². The quantitative estimate of drug-likeness (QED) is 0.369. The molecule has 0 aromatic rings. The van der Waals surface area contributed by atoms with Crippen molar-refractivity contribution in [3.63, 3.8) is 0 Å². The molecule has 14 heavy (non-hydrogen) atoms. The fraction of sp³-hybridized carbons (Fsp3) is 0.769. The standard InChI is InChI=1S/C13H20O/c14-11-5-4-8-13(9-10-13)12-6-2-1-3-7-12/h6,11H,1-5,7-10H2. The van der Waals surface area contributed by atoms with Gasteiger partial charge in [-0.05, 0) is 56.8 Å². The van der Waals surface area contributed by atoms with Gasteiger partial charge in [0, 0.05) is 6.42 Å². The third-order valence-corrected chi connectivity index (χ3v) is 3.80. The van der Waals surface area contributed by atoms with Gasteiger partial charge in [-0.15, -0.1) is 0 Å². The lowest BCUT2D eigenvalue weighted by Gasteiger charge is -2.22. The highest BCUT2D eigenvalue weighted by Gasteiger charge is 2.44. The number of unbranched alkanes of at least 4 members (excludes halogenated alkanes) is 1. The lowest BCUT2D eigenvalue weighted by Crippen LogP contribution is -2.07. The van der Waals surface area contributed by atoms with E-state index in [1.165, 1.54) is 44.9 Å². The Balaban J connectivity index is 1.88. The molecule has 2 aliphatic carbocycles. The normalized spacial score (nSPS) is 24.1. The Bertz CT molecular complexity index is 236. The molecule has 1 fully saturated rings. The van der Waals surface area contributed by atoms with Gasteiger partial charge in [0.05, 0.1) is 0 Å². The Morgan fingerprint density at radius 3 is 2.79 bits per heavy atom. The van der Waals surface area contributed by atoms with Crippen LogP contribution in [0.25, 0.3) is 0 Å². The molecule has 0 amide bonds. The second-order valence-electron chi connectivity index (χ2n) is 4.81. The average Bonchev–Trinajstić information content (AvgIpc) is 3.01. The van der Waals surface area contributed by atoms with Crippen molar-refractivity contribution in [1.82, 2.24) is 0 Å². The smallest absolute Gasteiger partial charge is 0.119 e. The first-order chi connectivity index (χ1) is 6.87. The Labute approximate surface area is 86.6 Å². The first-order valence-corrected chi connectivity index (χ1v) is 6.01. The highest BCUT2D eigenvalue weighted by atomic mass is 16.1. The summed E-state index contributed by atoms with van der Waals surface area (Å²) in [6.45, 7) is 0. The zero-order valence-corrected chi connectivity index (χ0v) is 8.93. The molecule has 1 nitrogen and oxygen atoms in total. The summed E-state index contributed by atoms with van der Waals surface area (Å²) in [7, 11) is 0.